The lowest BCUT2D eigenvalue weighted by atomic mass is 9.91. The van der Waals surface area contributed by atoms with Crippen molar-refractivity contribution in [1.82, 2.24) is 26.6 Å². The summed E-state index contributed by atoms with van der Waals surface area (Å²) in [6, 6.07) is 2.81. The Bertz CT molecular complexity index is 570. The molecule has 0 unspecified atom stereocenters. The Morgan fingerprint density at radius 1 is 0.328 bits per heavy atom. The van der Waals surface area contributed by atoms with Crippen LogP contribution >= 0.6 is 0 Å². The van der Waals surface area contributed by atoms with Crippen LogP contribution in [0.25, 0.3) is 0 Å². The van der Waals surface area contributed by atoms with Gasteiger partial charge in [0.2, 0.25) is 0 Å². The molecule has 0 aromatic carbocycles. The fourth-order valence-electron chi connectivity index (χ4n) is 7.96. The van der Waals surface area contributed by atoms with E-state index in [0.29, 0.717) is 24.3 Å². The Hall–Kier alpha value is -0.320. The van der Waals surface area contributed by atoms with E-state index in [4.69, 9.17) is 14.2 Å². The first-order valence-corrected chi connectivity index (χ1v) is 24.6. The molecule has 6 saturated heterocycles. The molecule has 8 heteroatoms. The van der Waals surface area contributed by atoms with Crippen LogP contribution in [-0.4, -0.2) is 102 Å². The van der Waals surface area contributed by atoms with E-state index in [0.717, 1.165) is 76.5 Å². The summed E-state index contributed by atoms with van der Waals surface area (Å²) in [6.07, 6.45) is 32.1. The Labute approximate surface area is 387 Å². The van der Waals surface area contributed by atoms with E-state index < -0.39 is 0 Å². The van der Waals surface area contributed by atoms with Crippen LogP contribution in [0.4, 0.5) is 0 Å². The molecule has 8 fully saturated rings. The first-order valence-electron chi connectivity index (χ1n) is 24.6. The zero-order valence-electron chi connectivity index (χ0n) is 39.0. The molecule has 6 heterocycles. The van der Waals surface area contributed by atoms with Crippen molar-refractivity contribution in [1.29, 1.82) is 0 Å². The van der Waals surface area contributed by atoms with Crippen molar-refractivity contribution in [3.05, 3.63) is 0 Å². The van der Waals surface area contributed by atoms with Gasteiger partial charge in [0.1, 0.15) is 0 Å². The Balaban J connectivity index is -0.000000194. The number of nitrogens with one attached hydrogen (secondary N) is 5. The molecular weight excluding hydrogens is 755 g/mol. The molecule has 2 aliphatic carbocycles. The SMILES string of the molecule is C.C.C.C.C.CC1CCCCC1.CC1CCCCC1.C[C@@H]1CCCCN1.C[C@@H]1CCCCO1.C[C@H]1CCCCN1.C[C@H]1CCCCO1.C[C@H]1CNCCN1.C[C@H]1COCCN1. The summed E-state index contributed by atoms with van der Waals surface area (Å²) in [4.78, 5) is 0. The smallest absolute Gasteiger partial charge is 0.0617 e. The lowest BCUT2D eigenvalue weighted by Crippen LogP contribution is -2.46. The zero-order valence-corrected chi connectivity index (χ0v) is 39.0. The van der Waals surface area contributed by atoms with Crippen LogP contribution in [0.2, 0.25) is 0 Å². The summed E-state index contributed by atoms with van der Waals surface area (Å²) in [5.41, 5.74) is 0. The number of hydrogen-bond acceptors (Lipinski definition) is 8. The monoisotopic (exact) mass is 876 g/mol. The lowest BCUT2D eigenvalue weighted by Gasteiger charge is -2.19. The number of piperidine rings is 2. The van der Waals surface area contributed by atoms with E-state index in [1.54, 1.807) is 0 Å². The first-order chi connectivity index (χ1) is 27.2. The summed E-state index contributed by atoms with van der Waals surface area (Å²) in [6.45, 7) is 28.4. The predicted octanol–water partition coefficient (Wildman–Crippen LogP) is 13.4. The van der Waals surface area contributed by atoms with Gasteiger partial charge in [-0.1, -0.05) is 128 Å². The van der Waals surface area contributed by atoms with Crippen LogP contribution in [0.5, 0.6) is 0 Å². The Morgan fingerprint density at radius 2 is 0.721 bits per heavy atom. The van der Waals surface area contributed by atoms with Crippen LogP contribution in [0.3, 0.4) is 0 Å². The van der Waals surface area contributed by atoms with Gasteiger partial charge < -0.3 is 40.8 Å². The van der Waals surface area contributed by atoms with E-state index in [-0.39, 0.29) is 37.1 Å². The van der Waals surface area contributed by atoms with Crippen molar-refractivity contribution in [2.75, 3.05) is 65.7 Å². The molecule has 2 saturated carbocycles. The highest BCUT2D eigenvalue weighted by molar-refractivity contribution is 4.70. The summed E-state index contributed by atoms with van der Waals surface area (Å²) >= 11 is 0. The van der Waals surface area contributed by atoms with Gasteiger partial charge in [0, 0.05) is 63.6 Å². The average molecular weight is 877 g/mol. The molecule has 61 heavy (non-hydrogen) atoms. The van der Waals surface area contributed by atoms with Gasteiger partial charge in [-0.25, -0.2) is 0 Å². The largest absolute Gasteiger partial charge is 0.379 e. The predicted molar refractivity (Wildman–Crippen MR) is 278 cm³/mol. The highest BCUT2D eigenvalue weighted by atomic mass is 16.5. The molecule has 8 aliphatic rings. The molecule has 0 bridgehead atoms. The second kappa shape index (κ2) is 50.7. The van der Waals surface area contributed by atoms with Crippen LogP contribution in [0.15, 0.2) is 0 Å². The highest BCUT2D eigenvalue weighted by Gasteiger charge is 2.09. The third kappa shape index (κ3) is 49.0. The minimum absolute atomic E-state index is 0. The fourth-order valence-corrected chi connectivity index (χ4v) is 7.96. The normalized spacial score (nSPS) is 28.5. The molecule has 5 N–H and O–H groups in total. The van der Waals surface area contributed by atoms with Crippen molar-refractivity contribution in [2.45, 2.75) is 270 Å². The van der Waals surface area contributed by atoms with Gasteiger partial charge in [-0.15, -0.1) is 0 Å². The first kappa shape index (κ1) is 69.7. The van der Waals surface area contributed by atoms with Gasteiger partial charge in [-0.2, -0.15) is 0 Å². The van der Waals surface area contributed by atoms with Crippen LogP contribution in [0, 0.1) is 11.8 Å². The van der Waals surface area contributed by atoms with Gasteiger partial charge in [-0.3, -0.25) is 0 Å². The zero-order chi connectivity index (χ0) is 40.9. The third-order valence-electron chi connectivity index (χ3n) is 12.1. The van der Waals surface area contributed by atoms with Gasteiger partial charge >= 0.3 is 0 Å². The van der Waals surface area contributed by atoms with Crippen molar-refractivity contribution >= 4 is 0 Å². The third-order valence-corrected chi connectivity index (χ3v) is 12.1. The summed E-state index contributed by atoms with van der Waals surface area (Å²) in [5.74, 6) is 2.07. The van der Waals surface area contributed by atoms with Gasteiger partial charge in [-0.05, 0) is 131 Å². The minimum atomic E-state index is 0. The van der Waals surface area contributed by atoms with E-state index in [2.05, 4.69) is 82.0 Å². The maximum atomic E-state index is 5.28. The molecule has 8 rings (SSSR count). The summed E-state index contributed by atoms with van der Waals surface area (Å²) < 4.78 is 15.7. The van der Waals surface area contributed by atoms with Gasteiger partial charge in [0.05, 0.1) is 25.4 Å². The minimum Gasteiger partial charge on any atom is -0.379 e. The lowest BCUT2D eigenvalue weighted by molar-refractivity contribution is 0.0283. The fraction of sp³-hybridized carbons (Fsp3) is 1.00. The quantitative estimate of drug-likeness (QED) is 0.165. The number of morpholine rings is 1. The standard InChI is InChI=1S/2C7H14.2C6H13N.2C6H12O.C5H12N2.C5H11NO.5CH4/c2*1-7-5-3-2-4-6-7;4*1-6-4-2-3-5-7-6;1-5-4-6-2-3-7-5;1-5-4-7-3-2-6-5;;;;;/h2*7H,2-6H2,1H3;2*6-7H,2-5H2,1H3;2*6H,2-5H2,1H3;5-7H,2-4H2,1H3;5-6H,2-4H2,1H3;5*1H4/t;;4*6-;2*5-;;;;;/m..101000...../s1. The van der Waals surface area contributed by atoms with Crippen molar-refractivity contribution in [3.8, 4) is 0 Å². The molecule has 0 aromatic heterocycles. The average Bonchev–Trinajstić information content (AvgIpc) is 3.22. The molecule has 0 radical (unpaired) electrons. The van der Waals surface area contributed by atoms with Crippen molar-refractivity contribution < 1.29 is 14.2 Å². The molecule has 6 aliphatic heterocycles. The maximum Gasteiger partial charge on any atom is 0.0617 e. The molecule has 8 nitrogen and oxygen atoms in total. The number of piperazine rings is 1. The van der Waals surface area contributed by atoms with Crippen LogP contribution in [-0.2, 0) is 14.2 Å². The van der Waals surface area contributed by atoms with E-state index >= 15 is 0 Å². The van der Waals surface area contributed by atoms with Gasteiger partial charge in [0.15, 0.2) is 0 Å². The molecule has 0 aromatic rings. The molecular formula is C53H121N5O3. The second-order valence-electron chi connectivity index (χ2n) is 18.5. The highest BCUT2D eigenvalue weighted by Crippen LogP contribution is 2.23. The summed E-state index contributed by atoms with van der Waals surface area (Å²) in [5, 5.41) is 16.6. The second-order valence-corrected chi connectivity index (χ2v) is 18.5. The maximum absolute atomic E-state index is 5.28. The molecule has 376 valence electrons. The number of rotatable bonds is 0. The van der Waals surface area contributed by atoms with Gasteiger partial charge in [0.25, 0.3) is 0 Å². The number of hydrogen-bond donors (Lipinski definition) is 5. The molecule has 0 amide bonds. The molecule has 0 spiro atoms. The van der Waals surface area contributed by atoms with Crippen LogP contribution < -0.4 is 26.6 Å². The number of ether oxygens (including phenoxy) is 3. The van der Waals surface area contributed by atoms with E-state index in [1.807, 2.05) is 0 Å². The van der Waals surface area contributed by atoms with Crippen molar-refractivity contribution in [2.24, 2.45) is 11.8 Å². The van der Waals surface area contributed by atoms with Crippen LogP contribution in [0.1, 0.15) is 234 Å². The Kier molecular flexibility index (Phi) is 57.9. The molecule has 6 atom stereocenters. The topological polar surface area (TPSA) is 87.8 Å². The van der Waals surface area contributed by atoms with Crippen molar-refractivity contribution in [3.63, 3.8) is 0 Å². The summed E-state index contributed by atoms with van der Waals surface area (Å²) in [7, 11) is 0. The van der Waals surface area contributed by atoms with E-state index in [9.17, 15) is 0 Å². The van der Waals surface area contributed by atoms with E-state index in [1.165, 1.54) is 154 Å². The Morgan fingerprint density at radius 3 is 0.885 bits per heavy atom.